The molecule has 1 rings (SSSR count). The van der Waals surface area contributed by atoms with Gasteiger partial charge in [0, 0.05) is 0 Å². The summed E-state index contributed by atoms with van der Waals surface area (Å²) in [4.78, 5) is 0. The van der Waals surface area contributed by atoms with Crippen LogP contribution in [0.5, 0.6) is 0 Å². The van der Waals surface area contributed by atoms with Gasteiger partial charge in [-0.05, 0) is 107 Å². The number of hydrogen-bond donors (Lipinski definition) is 4. The first-order valence-corrected chi connectivity index (χ1v) is 18.9. The fraction of sp³-hybridized carbons (Fsp3) is 0.522. The van der Waals surface area contributed by atoms with E-state index in [0.29, 0.717) is 12.3 Å². The third kappa shape index (κ3) is 21.4. The number of unbranched alkanes of at least 4 members (excludes halogenated alkanes) is 1. The molecule has 1 fully saturated rings. The van der Waals surface area contributed by atoms with Gasteiger partial charge in [0.15, 0.2) is 6.29 Å². The summed E-state index contributed by atoms with van der Waals surface area (Å²) in [5.41, 5.74) is 6.81. The van der Waals surface area contributed by atoms with Gasteiger partial charge < -0.3 is 29.9 Å². The van der Waals surface area contributed by atoms with Crippen LogP contribution >= 0.6 is 0 Å². The molecule has 1 aliphatic heterocycles. The van der Waals surface area contributed by atoms with Crippen molar-refractivity contribution in [1.29, 1.82) is 0 Å². The van der Waals surface area contributed by atoms with E-state index in [1.165, 1.54) is 33.4 Å². The van der Waals surface area contributed by atoms with E-state index in [1.807, 2.05) is 13.8 Å². The van der Waals surface area contributed by atoms with Crippen molar-refractivity contribution in [2.45, 2.75) is 144 Å². The van der Waals surface area contributed by atoms with Crippen LogP contribution < -0.4 is 0 Å². The van der Waals surface area contributed by atoms with Gasteiger partial charge >= 0.3 is 0 Å². The standard InChI is InChI=1S/C46H70O6/c1-34(2)19-13-22-37(5)25-16-28-38(6)26-14-23-35(3)20-11-12-21-36(4)24-15-27-39(7)29-17-30-40(8)31-18-32-46(9,10)52-45-44(50)43(49)42(48)41(33-47)51-45/h13-17,19,21-30,35,41-45,47-50H,11-12,18,20,31-33H2,1-10H3/b22-13+,23-14+,24-15+,28-16+,29-17+,36-21+,37-25+,38-26+,39-27+,40-30+/t35?,41-,42-,43+,44-,45+/m1/s1. The minimum Gasteiger partial charge on any atom is -0.394 e. The second kappa shape index (κ2) is 25.8. The molecule has 0 aromatic carbocycles. The van der Waals surface area contributed by atoms with Gasteiger partial charge in [0.2, 0.25) is 0 Å². The molecule has 6 nitrogen and oxygen atoms in total. The normalized spacial score (nSPS) is 24.0. The summed E-state index contributed by atoms with van der Waals surface area (Å²) in [6.07, 6.45) is 33.8. The molecule has 0 spiro atoms. The summed E-state index contributed by atoms with van der Waals surface area (Å²) >= 11 is 0. The van der Waals surface area contributed by atoms with E-state index < -0.39 is 42.9 Å². The zero-order valence-electron chi connectivity index (χ0n) is 33.8. The second-order valence-electron chi connectivity index (χ2n) is 15.1. The predicted molar refractivity (Wildman–Crippen MR) is 220 cm³/mol. The molecule has 0 aromatic rings. The molecule has 1 aliphatic rings. The maximum Gasteiger partial charge on any atom is 0.187 e. The smallest absolute Gasteiger partial charge is 0.187 e. The molecule has 0 bridgehead atoms. The van der Waals surface area contributed by atoms with E-state index in [1.54, 1.807) is 0 Å². The van der Waals surface area contributed by atoms with Gasteiger partial charge in [-0.15, -0.1) is 0 Å². The number of aliphatic hydroxyl groups is 4. The first-order valence-electron chi connectivity index (χ1n) is 18.9. The second-order valence-corrected chi connectivity index (χ2v) is 15.1. The lowest BCUT2D eigenvalue weighted by Crippen LogP contribution is -2.60. The van der Waals surface area contributed by atoms with E-state index in [2.05, 4.69) is 153 Å². The molecule has 52 heavy (non-hydrogen) atoms. The quantitative estimate of drug-likeness (QED) is 0.0697. The van der Waals surface area contributed by atoms with Crippen LogP contribution in [-0.4, -0.2) is 63.3 Å². The number of ether oxygens (including phenoxy) is 2. The van der Waals surface area contributed by atoms with Crippen molar-refractivity contribution in [2.24, 2.45) is 5.92 Å². The largest absolute Gasteiger partial charge is 0.394 e. The van der Waals surface area contributed by atoms with E-state index in [9.17, 15) is 20.4 Å². The first-order chi connectivity index (χ1) is 24.5. The van der Waals surface area contributed by atoms with Crippen molar-refractivity contribution in [2.75, 3.05) is 6.61 Å². The number of allylic oxidation sites excluding steroid dienone is 22. The Hall–Kier alpha value is -3.10. The number of aliphatic hydroxyl groups excluding tert-OH is 4. The van der Waals surface area contributed by atoms with Gasteiger partial charge in [-0.1, -0.05) is 138 Å². The van der Waals surface area contributed by atoms with Crippen LogP contribution in [0, 0.1) is 5.92 Å². The molecular formula is C46H70O6. The van der Waals surface area contributed by atoms with E-state index in [0.717, 1.165) is 32.1 Å². The molecule has 6 atom stereocenters. The van der Waals surface area contributed by atoms with Crippen LogP contribution in [0.1, 0.15) is 108 Å². The van der Waals surface area contributed by atoms with Crippen molar-refractivity contribution >= 4 is 0 Å². The fourth-order valence-corrected chi connectivity index (χ4v) is 5.37. The van der Waals surface area contributed by atoms with Gasteiger partial charge in [0.05, 0.1) is 12.2 Å². The summed E-state index contributed by atoms with van der Waals surface area (Å²) < 4.78 is 11.5. The molecule has 0 aromatic heterocycles. The molecule has 1 heterocycles. The minimum absolute atomic E-state index is 0.476. The maximum atomic E-state index is 10.3. The van der Waals surface area contributed by atoms with Crippen LogP contribution in [0.3, 0.4) is 0 Å². The molecule has 0 aliphatic carbocycles. The zero-order chi connectivity index (χ0) is 39.1. The van der Waals surface area contributed by atoms with Gasteiger partial charge in [-0.2, -0.15) is 0 Å². The highest BCUT2D eigenvalue weighted by Crippen LogP contribution is 2.28. The molecule has 0 amide bonds. The van der Waals surface area contributed by atoms with E-state index in [4.69, 9.17) is 9.47 Å². The Balaban J connectivity index is 2.42. The van der Waals surface area contributed by atoms with E-state index >= 15 is 0 Å². The van der Waals surface area contributed by atoms with Crippen molar-refractivity contribution in [3.05, 3.63) is 131 Å². The van der Waals surface area contributed by atoms with Gasteiger partial charge in [-0.3, -0.25) is 0 Å². The Morgan fingerprint density at radius 1 is 0.692 bits per heavy atom. The molecule has 1 unspecified atom stereocenters. The van der Waals surface area contributed by atoms with Gasteiger partial charge in [0.1, 0.15) is 24.4 Å². The molecule has 1 saturated heterocycles. The first kappa shape index (κ1) is 46.9. The number of rotatable bonds is 21. The zero-order valence-corrected chi connectivity index (χ0v) is 33.8. The Morgan fingerprint density at radius 2 is 1.23 bits per heavy atom. The van der Waals surface area contributed by atoms with Crippen LogP contribution in [0.15, 0.2) is 131 Å². The van der Waals surface area contributed by atoms with Crippen LogP contribution in [0.2, 0.25) is 0 Å². The lowest BCUT2D eigenvalue weighted by atomic mass is 9.96. The summed E-state index contributed by atoms with van der Waals surface area (Å²) in [6, 6.07) is 0. The maximum absolute atomic E-state index is 10.3. The molecule has 6 heteroatoms. The molecular weight excluding hydrogens is 649 g/mol. The van der Waals surface area contributed by atoms with Crippen molar-refractivity contribution < 1.29 is 29.9 Å². The van der Waals surface area contributed by atoms with Gasteiger partial charge in [-0.25, -0.2) is 0 Å². The van der Waals surface area contributed by atoms with Gasteiger partial charge in [0.25, 0.3) is 0 Å². The van der Waals surface area contributed by atoms with E-state index in [-0.39, 0.29) is 0 Å². The highest BCUT2D eigenvalue weighted by molar-refractivity contribution is 5.30. The number of hydrogen-bond acceptors (Lipinski definition) is 6. The van der Waals surface area contributed by atoms with Crippen LogP contribution in [0.4, 0.5) is 0 Å². The summed E-state index contributed by atoms with van der Waals surface area (Å²) in [5.74, 6) is 0.542. The Bertz CT molecular complexity index is 1390. The summed E-state index contributed by atoms with van der Waals surface area (Å²) in [7, 11) is 0. The van der Waals surface area contributed by atoms with Crippen molar-refractivity contribution in [3.8, 4) is 0 Å². The monoisotopic (exact) mass is 719 g/mol. The van der Waals surface area contributed by atoms with Crippen LogP contribution in [-0.2, 0) is 9.47 Å². The summed E-state index contributed by atoms with van der Waals surface area (Å²) in [5, 5.41) is 39.7. The molecule has 0 saturated carbocycles. The predicted octanol–water partition coefficient (Wildman–Crippen LogP) is 10.0. The molecule has 290 valence electrons. The lowest BCUT2D eigenvalue weighted by molar-refractivity contribution is -0.323. The third-order valence-electron chi connectivity index (χ3n) is 8.73. The van der Waals surface area contributed by atoms with Crippen LogP contribution in [0.25, 0.3) is 0 Å². The Labute approximate surface area is 316 Å². The van der Waals surface area contributed by atoms with Crippen molar-refractivity contribution in [1.82, 2.24) is 0 Å². The summed E-state index contributed by atoms with van der Waals surface area (Å²) in [6.45, 7) is 20.4. The Morgan fingerprint density at radius 3 is 1.81 bits per heavy atom. The lowest BCUT2D eigenvalue weighted by Gasteiger charge is -2.42. The highest BCUT2D eigenvalue weighted by Gasteiger charge is 2.45. The third-order valence-corrected chi connectivity index (χ3v) is 8.73. The minimum atomic E-state index is -1.44. The average molecular weight is 719 g/mol. The SMILES string of the molecule is CC(C)=C/C=C/C(C)=C/C=C/C(C)=C/C=C/C(C)CCC/C=C(C)/C=C/C=C(C)/C=C/C=C(\C)CCCC(C)(C)O[C@@H]1O[C@H](CO)[C@@H](O)[C@H](O)[C@H]1O. The van der Waals surface area contributed by atoms with Crippen molar-refractivity contribution in [3.63, 3.8) is 0 Å². The topological polar surface area (TPSA) is 99.4 Å². The Kier molecular flexibility index (Phi) is 23.3. The average Bonchev–Trinajstić information content (AvgIpc) is 3.06. The molecule has 0 radical (unpaired) electrons. The fourth-order valence-electron chi connectivity index (χ4n) is 5.37. The molecule has 4 N–H and O–H groups in total. The highest BCUT2D eigenvalue weighted by atomic mass is 16.7.